The van der Waals surface area contributed by atoms with E-state index in [0.29, 0.717) is 17.4 Å². The van der Waals surface area contributed by atoms with Crippen molar-refractivity contribution in [2.75, 3.05) is 39.9 Å². The van der Waals surface area contributed by atoms with E-state index in [1.807, 2.05) is 11.9 Å². The molecule has 1 atom stereocenters. The van der Waals surface area contributed by atoms with Crippen molar-refractivity contribution >= 4 is 5.91 Å². The Bertz CT molecular complexity index is 437. The average Bonchev–Trinajstić information content (AvgIpc) is 2.53. The van der Waals surface area contributed by atoms with E-state index in [1.165, 1.54) is 38.5 Å². The van der Waals surface area contributed by atoms with Crippen LogP contribution >= 0.6 is 0 Å². The Kier molecular flexibility index (Phi) is 4.63. The number of nitrogens with zero attached hydrogens (tertiary/aromatic N) is 2. The first-order valence-corrected chi connectivity index (χ1v) is 10.1. The third-order valence-corrected chi connectivity index (χ3v) is 7.32. The quantitative estimate of drug-likeness (QED) is 0.775. The van der Waals surface area contributed by atoms with Crippen LogP contribution in [0.5, 0.6) is 0 Å². The molecule has 24 heavy (non-hydrogen) atoms. The highest BCUT2D eigenvalue weighted by atomic mass is 16.5. The van der Waals surface area contributed by atoms with Gasteiger partial charge in [0.15, 0.2) is 0 Å². The van der Waals surface area contributed by atoms with Crippen LogP contribution in [0.1, 0.15) is 51.9 Å². The van der Waals surface area contributed by atoms with Gasteiger partial charge < -0.3 is 9.64 Å². The molecule has 1 saturated heterocycles. The molecule has 5 aliphatic rings. The number of carbonyl (C=O) groups is 1. The fourth-order valence-electron chi connectivity index (χ4n) is 6.59. The Labute approximate surface area is 146 Å². The van der Waals surface area contributed by atoms with Crippen molar-refractivity contribution < 1.29 is 9.53 Å². The lowest BCUT2D eigenvalue weighted by Crippen LogP contribution is -2.50. The van der Waals surface area contributed by atoms with Gasteiger partial charge in [-0.25, -0.2) is 0 Å². The summed E-state index contributed by atoms with van der Waals surface area (Å²) in [5, 5.41) is 0. The van der Waals surface area contributed by atoms with Crippen LogP contribution in [0.2, 0.25) is 0 Å². The molecule has 4 bridgehead atoms. The van der Waals surface area contributed by atoms with Gasteiger partial charge in [0.05, 0.1) is 13.2 Å². The van der Waals surface area contributed by atoms with Crippen LogP contribution in [0.15, 0.2) is 0 Å². The first-order valence-electron chi connectivity index (χ1n) is 10.1. The highest BCUT2D eigenvalue weighted by Gasteiger charge is 2.51. The highest BCUT2D eigenvalue weighted by Crippen LogP contribution is 2.61. The molecule has 1 heterocycles. The molecular formula is C20H34N2O2. The zero-order valence-electron chi connectivity index (χ0n) is 15.5. The Morgan fingerprint density at radius 1 is 1.12 bits per heavy atom. The highest BCUT2D eigenvalue weighted by molar-refractivity contribution is 5.76. The van der Waals surface area contributed by atoms with Crippen molar-refractivity contribution in [1.29, 1.82) is 0 Å². The van der Waals surface area contributed by atoms with Crippen molar-refractivity contribution in [2.24, 2.45) is 23.2 Å². The van der Waals surface area contributed by atoms with E-state index in [4.69, 9.17) is 4.74 Å². The fourth-order valence-corrected chi connectivity index (χ4v) is 6.59. The summed E-state index contributed by atoms with van der Waals surface area (Å²) in [4.78, 5) is 17.4. The summed E-state index contributed by atoms with van der Waals surface area (Å²) in [5.41, 5.74) is 0.363. The number of rotatable bonds is 5. The number of morpholine rings is 1. The van der Waals surface area contributed by atoms with Gasteiger partial charge in [0, 0.05) is 39.1 Å². The number of hydrogen-bond donors (Lipinski definition) is 0. The number of carbonyl (C=O) groups excluding carboxylic acids is 1. The Morgan fingerprint density at radius 3 is 2.21 bits per heavy atom. The van der Waals surface area contributed by atoms with Crippen LogP contribution in [0.3, 0.4) is 0 Å². The topological polar surface area (TPSA) is 32.8 Å². The average molecular weight is 335 g/mol. The molecule has 5 rings (SSSR count). The second-order valence-electron chi connectivity index (χ2n) is 9.37. The number of likely N-dealkylation sites (N-methyl/N-ethyl adjacent to an activating group) is 1. The lowest BCUT2D eigenvalue weighted by molar-refractivity contribution is -0.139. The van der Waals surface area contributed by atoms with Gasteiger partial charge in [0.1, 0.15) is 0 Å². The largest absolute Gasteiger partial charge is 0.379 e. The normalized spacial score (nSPS) is 39.8. The van der Waals surface area contributed by atoms with Crippen molar-refractivity contribution in [1.82, 2.24) is 9.80 Å². The van der Waals surface area contributed by atoms with E-state index < -0.39 is 0 Å². The van der Waals surface area contributed by atoms with Crippen LogP contribution in [-0.4, -0.2) is 61.6 Å². The van der Waals surface area contributed by atoms with Gasteiger partial charge in [0.25, 0.3) is 0 Å². The summed E-state index contributed by atoms with van der Waals surface area (Å²) >= 11 is 0. The molecule has 136 valence electrons. The molecule has 0 aromatic carbocycles. The van der Waals surface area contributed by atoms with Gasteiger partial charge in [-0.15, -0.1) is 0 Å². The molecule has 5 fully saturated rings. The summed E-state index contributed by atoms with van der Waals surface area (Å²) < 4.78 is 5.44. The predicted octanol–water partition coefficient (Wildman–Crippen LogP) is 2.77. The third-order valence-electron chi connectivity index (χ3n) is 7.32. The molecule has 4 heteroatoms. The maximum atomic E-state index is 12.9. The summed E-state index contributed by atoms with van der Waals surface area (Å²) in [6.45, 7) is 6.76. The minimum absolute atomic E-state index is 0.363. The minimum Gasteiger partial charge on any atom is -0.379 e. The molecule has 0 spiro atoms. The van der Waals surface area contributed by atoms with Gasteiger partial charge in [-0.1, -0.05) is 0 Å². The molecule has 0 N–H and O–H groups in total. The summed E-state index contributed by atoms with van der Waals surface area (Å²) in [6.07, 6.45) is 9.17. The molecule has 4 aliphatic carbocycles. The first-order chi connectivity index (χ1) is 11.5. The maximum Gasteiger partial charge on any atom is 0.222 e. The summed E-state index contributed by atoms with van der Waals surface area (Å²) in [6, 6.07) is 0.430. The van der Waals surface area contributed by atoms with E-state index in [0.717, 1.165) is 57.0 Å². The van der Waals surface area contributed by atoms with Gasteiger partial charge in [-0.3, -0.25) is 9.69 Å². The standard InChI is InChI=1S/C20H34N2O2/c1-15(22-3-5-24-6-4-22)14-21(2)19(23)13-20-10-16-7-17(11-20)9-18(8-16)12-20/h15-18H,3-14H2,1-2H3/t15-,16?,17?,18?,20?/m0/s1. The van der Waals surface area contributed by atoms with Gasteiger partial charge in [0.2, 0.25) is 5.91 Å². The zero-order chi connectivity index (χ0) is 16.7. The molecule has 0 radical (unpaired) electrons. The predicted molar refractivity (Wildman–Crippen MR) is 94.7 cm³/mol. The van der Waals surface area contributed by atoms with Gasteiger partial charge in [-0.2, -0.15) is 0 Å². The molecule has 1 amide bonds. The lowest BCUT2D eigenvalue weighted by atomic mass is 9.49. The van der Waals surface area contributed by atoms with Crippen LogP contribution in [-0.2, 0) is 9.53 Å². The molecule has 4 nitrogen and oxygen atoms in total. The van der Waals surface area contributed by atoms with Crippen LogP contribution in [0.4, 0.5) is 0 Å². The number of amides is 1. The van der Waals surface area contributed by atoms with Crippen LogP contribution in [0.25, 0.3) is 0 Å². The molecule has 0 aromatic heterocycles. The molecule has 1 aliphatic heterocycles. The fraction of sp³-hybridized carbons (Fsp3) is 0.950. The Hall–Kier alpha value is -0.610. The molecular weight excluding hydrogens is 300 g/mol. The maximum absolute atomic E-state index is 12.9. The second-order valence-corrected chi connectivity index (χ2v) is 9.37. The van der Waals surface area contributed by atoms with E-state index in [1.54, 1.807) is 0 Å². The van der Waals surface area contributed by atoms with Crippen LogP contribution in [0, 0.1) is 23.2 Å². The number of hydrogen-bond acceptors (Lipinski definition) is 3. The van der Waals surface area contributed by atoms with Gasteiger partial charge >= 0.3 is 0 Å². The van der Waals surface area contributed by atoms with Crippen LogP contribution < -0.4 is 0 Å². The van der Waals surface area contributed by atoms with Gasteiger partial charge in [-0.05, 0) is 68.6 Å². The van der Waals surface area contributed by atoms with E-state index in [-0.39, 0.29) is 0 Å². The lowest BCUT2D eigenvalue weighted by Gasteiger charge is -2.57. The number of ether oxygens (including phenoxy) is 1. The van der Waals surface area contributed by atoms with E-state index in [9.17, 15) is 4.79 Å². The Morgan fingerprint density at radius 2 is 1.67 bits per heavy atom. The van der Waals surface area contributed by atoms with Crippen molar-refractivity contribution in [3.63, 3.8) is 0 Å². The smallest absolute Gasteiger partial charge is 0.222 e. The van der Waals surface area contributed by atoms with Crippen molar-refractivity contribution in [3.8, 4) is 0 Å². The van der Waals surface area contributed by atoms with E-state index >= 15 is 0 Å². The SMILES string of the molecule is C[C@@H](CN(C)C(=O)CC12CC3CC(CC(C3)C1)C2)N1CCOCC1. The Balaban J connectivity index is 1.32. The molecule has 0 unspecified atom stereocenters. The first kappa shape index (κ1) is 16.8. The summed E-state index contributed by atoms with van der Waals surface area (Å²) in [7, 11) is 2.01. The van der Waals surface area contributed by atoms with Crippen molar-refractivity contribution in [2.45, 2.75) is 57.9 Å². The minimum atomic E-state index is 0.363. The third kappa shape index (κ3) is 3.37. The zero-order valence-corrected chi connectivity index (χ0v) is 15.5. The summed E-state index contributed by atoms with van der Waals surface area (Å²) in [5.74, 6) is 3.18. The van der Waals surface area contributed by atoms with E-state index in [2.05, 4.69) is 11.8 Å². The molecule has 0 aromatic rings. The molecule has 4 saturated carbocycles. The second kappa shape index (κ2) is 6.60. The monoisotopic (exact) mass is 334 g/mol. The van der Waals surface area contributed by atoms with Crippen molar-refractivity contribution in [3.05, 3.63) is 0 Å².